The molecule has 0 aliphatic heterocycles. The second-order valence-electron chi connectivity index (χ2n) is 5.95. The highest BCUT2D eigenvalue weighted by molar-refractivity contribution is 7.17. The monoisotopic (exact) mass is 396 g/mol. The quantitative estimate of drug-likeness (QED) is 0.376. The van der Waals surface area contributed by atoms with Gasteiger partial charge in [-0.15, -0.1) is 0 Å². The lowest BCUT2D eigenvalue weighted by atomic mass is 10.1. The van der Waals surface area contributed by atoms with Gasteiger partial charge in [0, 0.05) is 17.3 Å². The fraction of sp³-hybridized carbons (Fsp3) is 0.100. The highest BCUT2D eigenvalue weighted by Crippen LogP contribution is 2.27. The third-order valence-electron chi connectivity index (χ3n) is 3.86. The zero-order valence-electron chi connectivity index (χ0n) is 14.8. The van der Waals surface area contributed by atoms with Gasteiger partial charge in [0.05, 0.1) is 4.92 Å². The van der Waals surface area contributed by atoms with Crippen LogP contribution < -0.4 is 5.32 Å². The lowest BCUT2D eigenvalue weighted by Gasteiger charge is -2.17. The molecule has 0 aliphatic rings. The summed E-state index contributed by atoms with van der Waals surface area (Å²) in [6.45, 7) is 1.93. The average Bonchev–Trinajstić information content (AvgIpc) is 3.19. The van der Waals surface area contributed by atoms with E-state index >= 15 is 0 Å². The normalized spacial score (nSPS) is 11.5. The van der Waals surface area contributed by atoms with E-state index in [0.717, 1.165) is 5.56 Å². The van der Waals surface area contributed by atoms with Crippen LogP contribution in [0.3, 0.4) is 0 Å². The molecule has 1 atom stereocenters. The summed E-state index contributed by atoms with van der Waals surface area (Å²) in [5.41, 5.74) is 2.11. The molecule has 28 heavy (non-hydrogen) atoms. The predicted molar refractivity (Wildman–Crippen MR) is 105 cm³/mol. The molecule has 0 aliphatic carbocycles. The number of aryl methyl sites for hydroxylation is 1. The number of rotatable bonds is 6. The number of carbonyl (C=O) groups is 2. The van der Waals surface area contributed by atoms with Crippen LogP contribution in [0.2, 0.25) is 0 Å². The van der Waals surface area contributed by atoms with E-state index in [1.807, 2.05) is 19.1 Å². The number of nitrogens with one attached hydrogen (secondary N) is 1. The Balaban J connectivity index is 1.82. The van der Waals surface area contributed by atoms with Crippen LogP contribution in [0, 0.1) is 17.0 Å². The lowest BCUT2D eigenvalue weighted by Crippen LogP contribution is -2.25. The van der Waals surface area contributed by atoms with Crippen molar-refractivity contribution < 1.29 is 19.2 Å². The number of hydrogen-bond donors (Lipinski definition) is 1. The number of anilines is 1. The maximum atomic E-state index is 12.8. The minimum Gasteiger partial charge on any atom is -0.443 e. The zero-order chi connectivity index (χ0) is 20.1. The SMILES string of the molecule is Cc1ccc(NC(=O)[C@@H](OC(=O)c2ccc([N+](=O)[O-])s2)c2ccccc2)cc1. The number of benzene rings is 2. The fourth-order valence-electron chi connectivity index (χ4n) is 2.45. The summed E-state index contributed by atoms with van der Waals surface area (Å²) < 4.78 is 5.41. The van der Waals surface area contributed by atoms with Crippen LogP contribution in [-0.2, 0) is 9.53 Å². The number of ether oxygens (including phenoxy) is 1. The van der Waals surface area contributed by atoms with Crippen LogP contribution in [-0.4, -0.2) is 16.8 Å². The Labute approximate surface area is 164 Å². The summed E-state index contributed by atoms with van der Waals surface area (Å²) >= 11 is 0.698. The first-order valence-electron chi connectivity index (χ1n) is 8.32. The van der Waals surface area contributed by atoms with E-state index in [0.29, 0.717) is 22.6 Å². The Kier molecular flexibility index (Phi) is 5.81. The minimum absolute atomic E-state index is 0.0516. The number of carbonyl (C=O) groups excluding carboxylic acids is 2. The van der Waals surface area contributed by atoms with Gasteiger partial charge in [-0.3, -0.25) is 14.9 Å². The molecule has 1 N–H and O–H groups in total. The molecule has 3 rings (SSSR count). The van der Waals surface area contributed by atoms with E-state index < -0.39 is 22.9 Å². The fourth-order valence-corrected chi connectivity index (χ4v) is 3.15. The Bertz CT molecular complexity index is 999. The molecule has 142 valence electrons. The molecule has 1 amide bonds. The van der Waals surface area contributed by atoms with Crippen LogP contribution in [0.4, 0.5) is 10.7 Å². The van der Waals surface area contributed by atoms with Crippen molar-refractivity contribution in [1.82, 2.24) is 0 Å². The topological polar surface area (TPSA) is 98.5 Å². The van der Waals surface area contributed by atoms with Crippen LogP contribution in [0.25, 0.3) is 0 Å². The van der Waals surface area contributed by atoms with E-state index in [-0.39, 0.29) is 9.88 Å². The molecular weight excluding hydrogens is 380 g/mol. The van der Waals surface area contributed by atoms with E-state index in [9.17, 15) is 19.7 Å². The van der Waals surface area contributed by atoms with Crippen LogP contribution in [0.1, 0.15) is 26.9 Å². The highest BCUT2D eigenvalue weighted by atomic mass is 32.1. The van der Waals surface area contributed by atoms with Gasteiger partial charge < -0.3 is 10.1 Å². The van der Waals surface area contributed by atoms with Gasteiger partial charge in [0.15, 0.2) is 0 Å². The molecule has 1 aromatic heterocycles. The second kappa shape index (κ2) is 8.45. The predicted octanol–water partition coefficient (Wildman–Crippen LogP) is 4.50. The smallest absolute Gasteiger partial charge is 0.349 e. The zero-order valence-corrected chi connectivity index (χ0v) is 15.6. The summed E-state index contributed by atoms with van der Waals surface area (Å²) in [6.07, 6.45) is -1.20. The summed E-state index contributed by atoms with van der Waals surface area (Å²) in [5.74, 6) is -1.32. The number of esters is 1. The molecule has 0 radical (unpaired) electrons. The van der Waals surface area contributed by atoms with Gasteiger partial charge in [-0.05, 0) is 25.1 Å². The third-order valence-corrected chi connectivity index (χ3v) is 4.87. The summed E-state index contributed by atoms with van der Waals surface area (Å²) in [7, 11) is 0. The van der Waals surface area contributed by atoms with Gasteiger partial charge in [0.25, 0.3) is 5.91 Å². The number of amides is 1. The first kappa shape index (κ1) is 19.2. The molecule has 0 bridgehead atoms. The van der Waals surface area contributed by atoms with Crippen molar-refractivity contribution in [3.63, 3.8) is 0 Å². The molecule has 1 heterocycles. The first-order chi connectivity index (χ1) is 13.4. The van der Waals surface area contributed by atoms with Crippen molar-refractivity contribution in [2.45, 2.75) is 13.0 Å². The number of thiophene rings is 1. The molecular formula is C20H16N2O5S. The van der Waals surface area contributed by atoms with Gasteiger partial charge in [0.1, 0.15) is 4.88 Å². The van der Waals surface area contributed by atoms with Gasteiger partial charge in [-0.25, -0.2) is 4.79 Å². The van der Waals surface area contributed by atoms with Crippen molar-refractivity contribution in [3.05, 3.63) is 92.8 Å². The van der Waals surface area contributed by atoms with Crippen LogP contribution in [0.5, 0.6) is 0 Å². The van der Waals surface area contributed by atoms with Crippen molar-refractivity contribution in [1.29, 1.82) is 0 Å². The van der Waals surface area contributed by atoms with E-state index in [1.54, 1.807) is 42.5 Å². The van der Waals surface area contributed by atoms with Gasteiger partial charge >= 0.3 is 11.0 Å². The molecule has 0 saturated heterocycles. The van der Waals surface area contributed by atoms with Crippen LogP contribution in [0.15, 0.2) is 66.7 Å². The molecule has 0 fully saturated rings. The second-order valence-corrected chi connectivity index (χ2v) is 7.01. The van der Waals surface area contributed by atoms with Crippen LogP contribution >= 0.6 is 11.3 Å². The number of nitrogens with zero attached hydrogens (tertiary/aromatic N) is 1. The van der Waals surface area contributed by atoms with Crippen molar-refractivity contribution in [2.75, 3.05) is 5.32 Å². The molecule has 3 aromatic rings. The summed E-state index contributed by atoms with van der Waals surface area (Å²) in [5, 5.41) is 13.4. The molecule has 0 unspecified atom stereocenters. The average molecular weight is 396 g/mol. The molecule has 7 nitrogen and oxygen atoms in total. The van der Waals surface area contributed by atoms with Crippen molar-refractivity contribution in [3.8, 4) is 0 Å². The number of nitro groups is 1. The first-order valence-corrected chi connectivity index (χ1v) is 9.13. The van der Waals surface area contributed by atoms with Crippen molar-refractivity contribution in [2.24, 2.45) is 0 Å². The van der Waals surface area contributed by atoms with Crippen molar-refractivity contribution >= 4 is 33.9 Å². The van der Waals surface area contributed by atoms with Gasteiger partial charge in [0.2, 0.25) is 6.10 Å². The molecule has 2 aromatic carbocycles. The minimum atomic E-state index is -1.20. The lowest BCUT2D eigenvalue weighted by molar-refractivity contribution is -0.380. The van der Waals surface area contributed by atoms with Gasteiger partial charge in [-0.2, -0.15) is 0 Å². The van der Waals surface area contributed by atoms with E-state index in [1.165, 1.54) is 12.1 Å². The number of hydrogen-bond acceptors (Lipinski definition) is 6. The highest BCUT2D eigenvalue weighted by Gasteiger charge is 2.27. The maximum Gasteiger partial charge on any atom is 0.349 e. The Morgan fingerprint density at radius 2 is 1.71 bits per heavy atom. The van der Waals surface area contributed by atoms with E-state index in [2.05, 4.69) is 5.32 Å². The van der Waals surface area contributed by atoms with Gasteiger partial charge in [-0.1, -0.05) is 59.4 Å². The Hall–Kier alpha value is -3.52. The molecule has 8 heteroatoms. The summed E-state index contributed by atoms with van der Waals surface area (Å²) in [6, 6.07) is 18.3. The summed E-state index contributed by atoms with van der Waals surface area (Å²) in [4.78, 5) is 35.5. The Morgan fingerprint density at radius 3 is 2.32 bits per heavy atom. The Morgan fingerprint density at radius 1 is 1.04 bits per heavy atom. The molecule has 0 saturated carbocycles. The third kappa shape index (κ3) is 4.60. The largest absolute Gasteiger partial charge is 0.443 e. The molecule has 0 spiro atoms. The maximum absolute atomic E-state index is 12.8. The standard InChI is InChI=1S/C20H16N2O5S/c1-13-7-9-15(10-8-13)21-19(23)18(14-5-3-2-4-6-14)27-20(24)16-11-12-17(28-16)22(25)26/h2-12,18H,1H3,(H,21,23)/t18-/m0/s1. The van der Waals surface area contributed by atoms with E-state index in [4.69, 9.17) is 4.74 Å².